The first-order valence-electron chi connectivity index (χ1n) is 17.0. The van der Waals surface area contributed by atoms with Crippen LogP contribution in [0, 0.1) is 0 Å². The molecule has 0 bridgehead atoms. The van der Waals surface area contributed by atoms with Crippen LogP contribution in [0.2, 0.25) is 0 Å². The summed E-state index contributed by atoms with van der Waals surface area (Å²) in [5.74, 6) is 3.49. The van der Waals surface area contributed by atoms with Crippen molar-refractivity contribution in [2.24, 2.45) is 0 Å². The summed E-state index contributed by atoms with van der Waals surface area (Å²) in [5.41, 5.74) is 4.36. The molecule has 7 aromatic rings. The van der Waals surface area contributed by atoms with E-state index < -0.39 is 14.3 Å². The molecular weight excluding hydrogens is 690 g/mol. The first-order chi connectivity index (χ1) is 25.6. The monoisotopic (exact) mass is 712 g/mol. The van der Waals surface area contributed by atoms with Gasteiger partial charge in [0.1, 0.15) is 45.1 Å². The summed E-state index contributed by atoms with van der Waals surface area (Å²) in [6.07, 6.45) is 0. The molecule has 8 nitrogen and oxygen atoms in total. The highest BCUT2D eigenvalue weighted by Crippen LogP contribution is 2.73. The smallest absolute Gasteiger partial charge is 0.190 e. The number of ether oxygens (including phenoxy) is 4. The minimum atomic E-state index is -3.74. The maximum atomic E-state index is 16.8. The van der Waals surface area contributed by atoms with E-state index >= 15 is 9.13 Å². The molecule has 0 aromatic heterocycles. The van der Waals surface area contributed by atoms with E-state index in [-0.39, 0.29) is 0 Å². The Bertz CT molecular complexity index is 2750. The molecule has 10 heteroatoms. The Hall–Kier alpha value is -6.20. The van der Waals surface area contributed by atoms with Crippen molar-refractivity contribution < 1.29 is 28.1 Å². The predicted molar refractivity (Wildman–Crippen MR) is 202 cm³/mol. The van der Waals surface area contributed by atoms with E-state index in [1.807, 2.05) is 133 Å². The molecule has 6 aliphatic rings. The zero-order valence-electron chi connectivity index (χ0n) is 26.9. The average molecular weight is 713 g/mol. The van der Waals surface area contributed by atoms with Crippen LogP contribution in [0.1, 0.15) is 0 Å². The largest absolute Gasteiger partial charge is 0.456 e. The molecule has 246 valence electrons. The Balaban J connectivity index is 1.30. The van der Waals surface area contributed by atoms with Crippen molar-refractivity contribution in [2.75, 3.05) is 9.80 Å². The molecule has 2 unspecified atom stereocenters. The van der Waals surface area contributed by atoms with Gasteiger partial charge in [-0.1, -0.05) is 60.7 Å². The van der Waals surface area contributed by atoms with Crippen LogP contribution < -0.4 is 60.6 Å². The lowest BCUT2D eigenvalue weighted by molar-refractivity contribution is 0.416. The molecule has 13 rings (SSSR count). The number of fused-ring (bicyclic) bond motifs is 2. The second-order valence-corrected chi connectivity index (χ2v) is 18.6. The molecule has 0 radical (unpaired) electrons. The van der Waals surface area contributed by atoms with E-state index in [9.17, 15) is 0 Å². The zero-order valence-corrected chi connectivity index (χ0v) is 28.7. The summed E-state index contributed by atoms with van der Waals surface area (Å²) in [6.45, 7) is 0. The van der Waals surface area contributed by atoms with Gasteiger partial charge in [0, 0.05) is 11.4 Å². The quantitative estimate of drug-likeness (QED) is 0.165. The van der Waals surface area contributed by atoms with Gasteiger partial charge in [-0.3, -0.25) is 0 Å². The number of benzene rings is 7. The molecule has 0 aliphatic carbocycles. The third-order valence-corrected chi connectivity index (χ3v) is 17.3. The number of anilines is 6. The number of nitrogens with zero attached hydrogens (tertiary/aromatic N) is 2. The van der Waals surface area contributed by atoms with Gasteiger partial charge in [-0.05, 0) is 72.8 Å². The second-order valence-electron chi connectivity index (χ2n) is 13.5. The molecule has 7 aromatic carbocycles. The van der Waals surface area contributed by atoms with Gasteiger partial charge in [-0.2, -0.15) is 0 Å². The standard InChI is InChI=1S/C42H22N2O6P2/c45-51-37-25-15-7-17-27(37)47-29-19-9-21-31(39(29)51)49-35-36-42-34(33(41(35)51)43(25)23-11-3-1-4-12-23)44(24-13-5-2-6-14-24)26-16-8-18-28-38(26)52(42,46)40-30(48-28)20-10-22-32(40)50-36/h1-22H. The van der Waals surface area contributed by atoms with E-state index in [0.717, 1.165) is 22.7 Å². The molecule has 0 N–H and O–H groups in total. The molecule has 0 spiro atoms. The highest BCUT2D eigenvalue weighted by atomic mass is 31.2. The van der Waals surface area contributed by atoms with E-state index in [4.69, 9.17) is 18.9 Å². The van der Waals surface area contributed by atoms with Crippen LogP contribution in [0.5, 0.6) is 46.0 Å². The van der Waals surface area contributed by atoms with Gasteiger partial charge in [0.25, 0.3) is 0 Å². The van der Waals surface area contributed by atoms with Gasteiger partial charge in [-0.15, -0.1) is 0 Å². The van der Waals surface area contributed by atoms with Crippen LogP contribution in [0.15, 0.2) is 133 Å². The van der Waals surface area contributed by atoms with E-state index in [1.54, 1.807) is 0 Å². The van der Waals surface area contributed by atoms with Crippen LogP contribution in [-0.4, -0.2) is 0 Å². The van der Waals surface area contributed by atoms with E-state index in [0.29, 0.717) is 89.2 Å². The summed E-state index contributed by atoms with van der Waals surface area (Å²) >= 11 is 0. The van der Waals surface area contributed by atoms with Crippen molar-refractivity contribution >= 4 is 80.2 Å². The van der Waals surface area contributed by atoms with Crippen molar-refractivity contribution in [1.82, 2.24) is 0 Å². The lowest BCUT2D eigenvalue weighted by atomic mass is 10.1. The van der Waals surface area contributed by atoms with Gasteiger partial charge in [-0.25, -0.2) is 0 Å². The molecule has 0 fully saturated rings. The molecule has 0 amide bonds. The summed E-state index contributed by atoms with van der Waals surface area (Å²) in [4.78, 5) is 4.27. The van der Waals surface area contributed by atoms with Crippen molar-refractivity contribution in [3.63, 3.8) is 0 Å². The third kappa shape index (κ3) is 2.92. The fraction of sp³-hybridized carbons (Fsp3) is 0. The van der Waals surface area contributed by atoms with Gasteiger partial charge >= 0.3 is 0 Å². The molecule has 6 aliphatic heterocycles. The first kappa shape index (κ1) is 27.5. The Kier molecular flexibility index (Phi) is 4.75. The lowest BCUT2D eigenvalue weighted by Gasteiger charge is -2.49. The van der Waals surface area contributed by atoms with Crippen molar-refractivity contribution in [1.29, 1.82) is 0 Å². The Morgan fingerprint density at radius 1 is 0.346 bits per heavy atom. The fourth-order valence-corrected chi connectivity index (χ4v) is 15.8. The van der Waals surface area contributed by atoms with Gasteiger partial charge < -0.3 is 37.9 Å². The normalized spacial score (nSPS) is 20.4. The van der Waals surface area contributed by atoms with Crippen LogP contribution >= 0.6 is 14.3 Å². The Morgan fingerprint density at radius 3 is 1.10 bits per heavy atom. The molecule has 2 atom stereocenters. The van der Waals surface area contributed by atoms with E-state index in [1.165, 1.54) is 0 Å². The zero-order chi connectivity index (χ0) is 34.1. The fourth-order valence-electron chi connectivity index (χ4n) is 9.05. The van der Waals surface area contributed by atoms with Crippen molar-refractivity contribution in [3.05, 3.63) is 133 Å². The molecule has 52 heavy (non-hydrogen) atoms. The Labute approximate surface area is 296 Å². The van der Waals surface area contributed by atoms with Gasteiger partial charge in [0.05, 0.1) is 44.0 Å². The van der Waals surface area contributed by atoms with Crippen LogP contribution in [-0.2, 0) is 9.13 Å². The minimum absolute atomic E-state index is 0.303. The number of hydrogen-bond acceptors (Lipinski definition) is 8. The second kappa shape index (κ2) is 8.99. The summed E-state index contributed by atoms with van der Waals surface area (Å²) < 4.78 is 60.5. The summed E-state index contributed by atoms with van der Waals surface area (Å²) in [7, 11) is -7.49. The average Bonchev–Trinajstić information content (AvgIpc) is 3.16. The topological polar surface area (TPSA) is 77.5 Å². The van der Waals surface area contributed by atoms with Gasteiger partial charge in [0.2, 0.25) is 0 Å². The maximum Gasteiger partial charge on any atom is 0.190 e. The molecule has 0 saturated carbocycles. The van der Waals surface area contributed by atoms with E-state index in [2.05, 4.69) is 9.80 Å². The summed E-state index contributed by atoms with van der Waals surface area (Å²) in [5, 5.41) is 3.23. The van der Waals surface area contributed by atoms with Crippen LogP contribution in [0.4, 0.5) is 34.1 Å². The van der Waals surface area contributed by atoms with Crippen molar-refractivity contribution in [2.45, 2.75) is 0 Å². The number of rotatable bonds is 2. The number of para-hydroxylation sites is 2. The lowest BCUT2D eigenvalue weighted by Crippen LogP contribution is -2.48. The van der Waals surface area contributed by atoms with Gasteiger partial charge in [0.15, 0.2) is 25.8 Å². The first-order valence-corrected chi connectivity index (χ1v) is 20.4. The highest BCUT2D eigenvalue weighted by Gasteiger charge is 2.61. The van der Waals surface area contributed by atoms with Crippen LogP contribution in [0.25, 0.3) is 0 Å². The highest BCUT2D eigenvalue weighted by molar-refractivity contribution is 7.88. The molecule has 0 saturated heterocycles. The minimum Gasteiger partial charge on any atom is -0.456 e. The maximum absolute atomic E-state index is 16.8. The summed E-state index contributed by atoms with van der Waals surface area (Å²) in [6, 6.07) is 42.6. The molecular formula is C42H22N2O6P2. The van der Waals surface area contributed by atoms with Crippen molar-refractivity contribution in [3.8, 4) is 46.0 Å². The third-order valence-electron chi connectivity index (χ3n) is 10.9. The molecule has 6 heterocycles. The SMILES string of the molecule is O=P12c3c4cccc3Oc3c5c6c(c(c31)N(c1ccccc1)c1cccc(c12)O4)N(c1ccccc1)c1cccc2c1P6(=O)c1c(cccc1O5)O2. The predicted octanol–water partition coefficient (Wildman–Crippen LogP) is 8.95. The Morgan fingerprint density at radius 2 is 0.692 bits per heavy atom. The van der Waals surface area contributed by atoms with Crippen LogP contribution in [0.3, 0.4) is 0 Å². The number of hydrogen-bond donors (Lipinski definition) is 0.